The van der Waals surface area contributed by atoms with E-state index in [2.05, 4.69) is 78.1 Å². The number of ether oxygens (including phenoxy) is 2. The number of pyridine rings is 2. The molecule has 79 heavy (non-hydrogen) atoms. The normalized spacial score (nSPS) is 18.6. The number of hydrogen-bond acceptors (Lipinski definition) is 16. The molecule has 4 aromatic carbocycles. The molecule has 4 aliphatic rings. The maximum absolute atomic E-state index is 13.6. The van der Waals surface area contributed by atoms with Gasteiger partial charge in [0, 0.05) is 93.9 Å². The van der Waals surface area contributed by atoms with E-state index < -0.39 is 0 Å². The van der Waals surface area contributed by atoms with Crippen molar-refractivity contribution in [3.05, 3.63) is 133 Å². The number of anilines is 6. The summed E-state index contributed by atoms with van der Waals surface area (Å²) in [6.07, 6.45) is 11.5. The molecule has 4 aliphatic heterocycles. The summed E-state index contributed by atoms with van der Waals surface area (Å²) in [6, 6.07) is 33.1. The Morgan fingerprint density at radius 1 is 0.608 bits per heavy atom. The van der Waals surface area contributed by atoms with Crippen LogP contribution in [0.1, 0.15) is 43.2 Å². The first-order valence-electron chi connectivity index (χ1n) is 27.0. The van der Waals surface area contributed by atoms with Gasteiger partial charge in [0.2, 0.25) is 0 Å². The summed E-state index contributed by atoms with van der Waals surface area (Å²) < 4.78 is 16.7. The summed E-state index contributed by atoms with van der Waals surface area (Å²) in [7, 11) is 1.97. The molecule has 14 rings (SSSR count). The number of fused-ring (bicyclic) bond motifs is 8. The number of imidazole rings is 2. The molecule has 1 amide bonds. The molecular weight excluding hydrogens is 993 g/mol. The Morgan fingerprint density at radius 3 is 1.75 bits per heavy atom. The van der Waals surface area contributed by atoms with Crippen LogP contribution in [0.4, 0.5) is 34.6 Å². The first kappa shape index (κ1) is 48.0. The lowest BCUT2D eigenvalue weighted by molar-refractivity contribution is -0.126. The van der Waals surface area contributed by atoms with E-state index in [4.69, 9.17) is 19.4 Å². The van der Waals surface area contributed by atoms with E-state index in [9.17, 15) is 4.79 Å². The van der Waals surface area contributed by atoms with Gasteiger partial charge in [-0.05, 0) is 142 Å². The number of hydrogen-bond donors (Lipinski definition) is 3. The fourth-order valence-electron chi connectivity index (χ4n) is 12.0. The first-order chi connectivity index (χ1) is 38.7. The first-order valence-corrected chi connectivity index (χ1v) is 27.0. The quantitative estimate of drug-likeness (QED) is 0.0979. The fourth-order valence-corrected chi connectivity index (χ4v) is 12.0. The number of aromatic nitrogens is 10. The second-order valence-corrected chi connectivity index (χ2v) is 21.0. The van der Waals surface area contributed by atoms with Crippen LogP contribution in [0.25, 0.3) is 44.1 Å². The lowest BCUT2D eigenvalue weighted by Crippen LogP contribution is -2.55. The second kappa shape index (κ2) is 19.9. The van der Waals surface area contributed by atoms with Crippen LogP contribution < -0.4 is 35.2 Å². The number of rotatable bonds is 12. The molecule has 0 saturated carbocycles. The smallest absolute Gasteiger partial charge is 0.298 e. The van der Waals surface area contributed by atoms with Crippen molar-refractivity contribution in [1.29, 1.82) is 0 Å². The zero-order valence-electron chi connectivity index (χ0n) is 44.0. The third-order valence-electron chi connectivity index (χ3n) is 15.9. The van der Waals surface area contributed by atoms with Crippen LogP contribution >= 0.6 is 0 Å². The van der Waals surface area contributed by atoms with Gasteiger partial charge in [0.1, 0.15) is 58.3 Å². The maximum Gasteiger partial charge on any atom is 0.298 e. The molecule has 4 unspecified atom stereocenters. The number of piperazine rings is 2. The van der Waals surface area contributed by atoms with E-state index in [-0.39, 0.29) is 18.0 Å². The van der Waals surface area contributed by atoms with E-state index >= 15 is 0 Å². The van der Waals surface area contributed by atoms with Gasteiger partial charge in [0.25, 0.3) is 5.91 Å². The highest BCUT2D eigenvalue weighted by molar-refractivity contribution is 5.94. The Labute approximate surface area is 455 Å². The Morgan fingerprint density at radius 2 is 1.15 bits per heavy atom. The highest BCUT2D eigenvalue weighted by Gasteiger charge is 2.42. The Hall–Kier alpha value is -9.41. The number of nitrogens with one attached hydrogen (secondary N) is 3. The van der Waals surface area contributed by atoms with E-state index in [1.54, 1.807) is 19.0 Å². The number of aryl methyl sites for hydroxylation is 4. The average molecular weight is 1050 g/mol. The average Bonchev–Trinajstić information content (AvgIpc) is 4.30. The SMILES string of the molecule is Cc1cc(Nc2ncnc3ccc(N4C5CCC4CNC5)nc23)ccc1Oc1ccc2c(c1)ncn2CCC#CC(=O)N1CC2CCC(C1)N2c1ccc2ncnc(Nc3ccc(Oc4ccc5c(c4)ncn5C)c(C)c3)c2n1. The van der Waals surface area contributed by atoms with Crippen molar-refractivity contribution in [2.45, 2.75) is 76.7 Å². The molecule has 19 nitrogen and oxygen atoms in total. The van der Waals surface area contributed by atoms with Gasteiger partial charge in [-0.15, -0.1) is 0 Å². The van der Waals surface area contributed by atoms with E-state index in [1.165, 1.54) is 12.8 Å². The number of benzene rings is 4. The van der Waals surface area contributed by atoms with Crippen LogP contribution in [0.2, 0.25) is 0 Å². The summed E-state index contributed by atoms with van der Waals surface area (Å²) in [6.45, 7) is 7.76. The fraction of sp³-hybridized carbons (Fsp3) is 0.283. The van der Waals surface area contributed by atoms with E-state index in [0.29, 0.717) is 61.0 Å². The minimum Gasteiger partial charge on any atom is -0.457 e. The molecule has 10 aromatic rings. The minimum atomic E-state index is -0.147. The van der Waals surface area contributed by atoms with Crippen LogP contribution in [0.5, 0.6) is 23.0 Å². The standard InChI is InChI=1S/C60H56N16O3/c1-36-24-39(7-19-52(36)78-44-13-17-50-48(26-44)66-34-72(50)3)69-60-58-47(63-33-65-60)16-22-55(71-58)76-42-11-12-43(76)31-74(30-42)56(77)6-4-5-23-73-35-67-49-27-45(14-18-51(49)73)79-53-20-8-38(25-37(53)2)68-59-57-46(62-32-64-59)15-21-54(70-57)75-40-9-10-41(75)29-61-28-40/h7-8,13-22,24-27,32-35,40-43,61H,5,9-12,23,28-31H2,1-3H3,(H,62,64,68)(H,63,65,69). The number of carbonyl (C=O) groups is 1. The topological polar surface area (TPSA) is 194 Å². The Kier molecular flexibility index (Phi) is 12.1. The zero-order chi connectivity index (χ0) is 53.1. The van der Waals surface area contributed by atoms with Crippen molar-refractivity contribution >= 4 is 84.7 Å². The van der Waals surface area contributed by atoms with Crippen LogP contribution in [-0.2, 0) is 18.4 Å². The van der Waals surface area contributed by atoms with Gasteiger partial charge in [0.15, 0.2) is 11.6 Å². The van der Waals surface area contributed by atoms with Crippen molar-refractivity contribution in [3.63, 3.8) is 0 Å². The predicted octanol–water partition coefficient (Wildman–Crippen LogP) is 9.50. The van der Waals surface area contributed by atoms with Crippen molar-refractivity contribution in [1.82, 2.24) is 59.2 Å². The van der Waals surface area contributed by atoms with Crippen molar-refractivity contribution in [2.75, 3.05) is 46.6 Å². The van der Waals surface area contributed by atoms with E-state index in [1.807, 2.05) is 128 Å². The molecule has 0 aliphatic carbocycles. The van der Waals surface area contributed by atoms with Gasteiger partial charge in [-0.2, -0.15) is 0 Å². The van der Waals surface area contributed by atoms with Gasteiger partial charge in [-0.3, -0.25) is 4.79 Å². The van der Waals surface area contributed by atoms with Gasteiger partial charge in [0.05, 0.1) is 45.8 Å². The number of amides is 1. The molecule has 4 atom stereocenters. The highest BCUT2D eigenvalue weighted by atomic mass is 16.5. The summed E-state index contributed by atoms with van der Waals surface area (Å²) in [5.74, 6) is 12.0. The lowest BCUT2D eigenvalue weighted by Gasteiger charge is -2.41. The zero-order valence-corrected chi connectivity index (χ0v) is 44.0. The molecule has 0 radical (unpaired) electrons. The monoisotopic (exact) mass is 1050 g/mol. The van der Waals surface area contributed by atoms with Crippen LogP contribution in [0, 0.1) is 25.7 Å². The molecule has 4 bridgehead atoms. The molecular formula is C60H56N16O3. The van der Waals surface area contributed by atoms with Gasteiger partial charge >= 0.3 is 0 Å². The van der Waals surface area contributed by atoms with E-state index in [0.717, 1.165) is 116 Å². The van der Waals surface area contributed by atoms with Gasteiger partial charge in [-0.25, -0.2) is 39.9 Å². The summed E-state index contributed by atoms with van der Waals surface area (Å²) in [4.78, 5) is 58.0. The summed E-state index contributed by atoms with van der Waals surface area (Å²) in [5, 5.41) is 10.5. The van der Waals surface area contributed by atoms with Crippen molar-refractivity contribution < 1.29 is 14.3 Å². The molecule has 0 spiro atoms. The third-order valence-corrected chi connectivity index (χ3v) is 15.9. The largest absolute Gasteiger partial charge is 0.457 e. The molecule has 19 heteroatoms. The number of likely N-dealkylation sites (tertiary alicyclic amines) is 1. The highest BCUT2D eigenvalue weighted by Crippen LogP contribution is 2.38. The van der Waals surface area contributed by atoms with Gasteiger partial charge < -0.3 is 49.3 Å². The maximum atomic E-state index is 13.6. The van der Waals surface area contributed by atoms with Crippen molar-refractivity contribution in [2.24, 2.45) is 7.05 Å². The van der Waals surface area contributed by atoms with Crippen molar-refractivity contribution in [3.8, 4) is 34.8 Å². The second-order valence-electron chi connectivity index (χ2n) is 21.0. The number of nitrogens with zero attached hydrogens (tertiary/aromatic N) is 13. The molecule has 6 aromatic heterocycles. The Bertz CT molecular complexity index is 4060. The van der Waals surface area contributed by atoms with Gasteiger partial charge in [-0.1, -0.05) is 5.92 Å². The third kappa shape index (κ3) is 9.22. The molecule has 394 valence electrons. The molecule has 10 heterocycles. The van der Waals surface area contributed by atoms with Crippen LogP contribution in [0.3, 0.4) is 0 Å². The predicted molar refractivity (Wildman–Crippen MR) is 305 cm³/mol. The minimum absolute atomic E-state index is 0.121. The lowest BCUT2D eigenvalue weighted by atomic mass is 10.1. The molecule has 4 fully saturated rings. The van der Waals surface area contributed by atoms with Crippen LogP contribution in [-0.4, -0.2) is 110 Å². The molecule has 4 saturated heterocycles. The number of carbonyl (C=O) groups excluding carboxylic acids is 1. The summed E-state index contributed by atoms with van der Waals surface area (Å²) >= 11 is 0. The molecule has 3 N–H and O–H groups in total. The van der Waals surface area contributed by atoms with Crippen LogP contribution in [0.15, 0.2) is 122 Å². The Balaban J connectivity index is 0.585. The summed E-state index contributed by atoms with van der Waals surface area (Å²) in [5.41, 5.74) is 10.3.